The van der Waals surface area contributed by atoms with Crippen LogP contribution in [0.3, 0.4) is 0 Å². The fourth-order valence-corrected chi connectivity index (χ4v) is 3.96. The van der Waals surface area contributed by atoms with Gasteiger partial charge in [-0.3, -0.25) is 9.59 Å². The zero-order valence-corrected chi connectivity index (χ0v) is 17.8. The van der Waals surface area contributed by atoms with Crippen molar-refractivity contribution in [3.05, 3.63) is 77.4 Å². The first-order valence-electron chi connectivity index (χ1n) is 10.3. The predicted octanol–water partition coefficient (Wildman–Crippen LogP) is 3.86. The molecule has 0 spiro atoms. The smallest absolute Gasteiger partial charge is 0.227 e. The minimum Gasteiger partial charge on any atom is -0.349 e. The third-order valence-electron chi connectivity index (χ3n) is 5.79. The number of aromatic nitrogens is 2. The SMILES string of the molecule is Cc1ccc(N2CC(C(=O)NC(C)c3cnn(-c4ccc(F)cc4)c3C)CC2=O)cc1. The second-order valence-corrected chi connectivity index (χ2v) is 8.04. The summed E-state index contributed by atoms with van der Waals surface area (Å²) in [5.41, 5.74) is 4.42. The maximum Gasteiger partial charge on any atom is 0.227 e. The van der Waals surface area contributed by atoms with E-state index >= 15 is 0 Å². The Morgan fingerprint density at radius 3 is 2.42 bits per heavy atom. The largest absolute Gasteiger partial charge is 0.349 e. The molecule has 0 aliphatic carbocycles. The molecule has 1 aliphatic heterocycles. The standard InChI is InChI=1S/C24H25FN4O2/c1-15-4-8-20(9-5-15)28-14-18(12-23(28)30)24(31)27-16(2)22-13-26-29(17(22)3)21-10-6-19(25)7-11-21/h4-11,13,16,18H,12,14H2,1-3H3,(H,27,31). The molecule has 1 fully saturated rings. The predicted molar refractivity (Wildman–Crippen MR) is 116 cm³/mol. The van der Waals surface area contributed by atoms with Crippen LogP contribution in [-0.2, 0) is 9.59 Å². The van der Waals surface area contributed by atoms with Crippen LogP contribution in [0.5, 0.6) is 0 Å². The molecule has 1 saturated heterocycles. The van der Waals surface area contributed by atoms with Crippen LogP contribution in [0.25, 0.3) is 5.69 Å². The number of halogens is 1. The second-order valence-electron chi connectivity index (χ2n) is 8.04. The Morgan fingerprint density at radius 1 is 1.10 bits per heavy atom. The summed E-state index contributed by atoms with van der Waals surface area (Å²) in [5, 5.41) is 7.42. The van der Waals surface area contributed by atoms with E-state index in [1.807, 2.05) is 45.0 Å². The van der Waals surface area contributed by atoms with Gasteiger partial charge in [-0.1, -0.05) is 17.7 Å². The fraction of sp³-hybridized carbons (Fsp3) is 0.292. The van der Waals surface area contributed by atoms with Crippen LogP contribution in [0, 0.1) is 25.6 Å². The first-order chi connectivity index (χ1) is 14.8. The molecule has 160 valence electrons. The Kier molecular flexibility index (Phi) is 5.59. The third kappa shape index (κ3) is 4.21. The summed E-state index contributed by atoms with van der Waals surface area (Å²) < 4.78 is 14.9. The highest BCUT2D eigenvalue weighted by Gasteiger charge is 2.35. The molecule has 2 atom stereocenters. The van der Waals surface area contributed by atoms with Crippen molar-refractivity contribution in [2.75, 3.05) is 11.4 Å². The maximum absolute atomic E-state index is 13.2. The number of benzene rings is 2. The number of rotatable bonds is 5. The minimum atomic E-state index is -0.399. The molecule has 0 radical (unpaired) electrons. The van der Waals surface area contributed by atoms with Gasteiger partial charge in [0.15, 0.2) is 0 Å². The second kappa shape index (κ2) is 8.34. The highest BCUT2D eigenvalue weighted by Crippen LogP contribution is 2.27. The van der Waals surface area contributed by atoms with E-state index in [9.17, 15) is 14.0 Å². The number of aryl methyl sites for hydroxylation is 1. The molecule has 2 unspecified atom stereocenters. The number of carbonyl (C=O) groups is 2. The van der Waals surface area contributed by atoms with Gasteiger partial charge >= 0.3 is 0 Å². The number of carbonyl (C=O) groups excluding carboxylic acids is 2. The van der Waals surface area contributed by atoms with E-state index in [0.717, 1.165) is 28.2 Å². The molecule has 1 N–H and O–H groups in total. The average molecular weight is 420 g/mol. The van der Waals surface area contributed by atoms with Gasteiger partial charge in [0, 0.05) is 29.9 Å². The summed E-state index contributed by atoms with van der Waals surface area (Å²) in [5.74, 6) is -0.898. The van der Waals surface area contributed by atoms with Gasteiger partial charge in [-0.2, -0.15) is 5.10 Å². The Morgan fingerprint density at radius 2 is 1.74 bits per heavy atom. The first-order valence-corrected chi connectivity index (χ1v) is 10.3. The van der Waals surface area contributed by atoms with Crippen LogP contribution in [0.15, 0.2) is 54.7 Å². The molecule has 7 heteroatoms. The highest BCUT2D eigenvalue weighted by atomic mass is 19.1. The van der Waals surface area contributed by atoms with Gasteiger partial charge in [0.1, 0.15) is 5.82 Å². The van der Waals surface area contributed by atoms with Gasteiger partial charge in [0.2, 0.25) is 11.8 Å². The first kappa shape index (κ1) is 20.8. The van der Waals surface area contributed by atoms with Gasteiger partial charge in [0.25, 0.3) is 0 Å². The topological polar surface area (TPSA) is 67.2 Å². The molecule has 2 amide bonds. The Bertz CT molecular complexity index is 1110. The molecule has 4 rings (SSSR count). The summed E-state index contributed by atoms with van der Waals surface area (Å²) in [7, 11) is 0. The van der Waals surface area contributed by atoms with Crippen LogP contribution < -0.4 is 10.2 Å². The summed E-state index contributed by atoms with van der Waals surface area (Å²) in [6, 6.07) is 13.5. The van der Waals surface area contributed by atoms with E-state index < -0.39 is 5.92 Å². The Labute approximate surface area is 180 Å². The van der Waals surface area contributed by atoms with Crippen LogP contribution in [0.4, 0.5) is 10.1 Å². The van der Waals surface area contributed by atoms with Crippen molar-refractivity contribution in [2.45, 2.75) is 33.2 Å². The monoisotopic (exact) mass is 420 g/mol. The number of anilines is 1. The molecule has 31 heavy (non-hydrogen) atoms. The molecule has 2 aromatic carbocycles. The third-order valence-corrected chi connectivity index (χ3v) is 5.79. The average Bonchev–Trinajstić information content (AvgIpc) is 3.32. The van der Waals surface area contributed by atoms with Crippen molar-refractivity contribution in [3.63, 3.8) is 0 Å². The molecular weight excluding hydrogens is 395 g/mol. The van der Waals surface area contributed by atoms with Crippen LogP contribution in [-0.4, -0.2) is 28.1 Å². The number of amides is 2. The van der Waals surface area contributed by atoms with Crippen molar-refractivity contribution in [2.24, 2.45) is 5.92 Å². The highest BCUT2D eigenvalue weighted by molar-refractivity contribution is 6.00. The molecule has 3 aromatic rings. The van der Waals surface area contributed by atoms with Crippen LogP contribution in [0.2, 0.25) is 0 Å². The van der Waals surface area contributed by atoms with Gasteiger partial charge in [-0.05, 0) is 57.2 Å². The van der Waals surface area contributed by atoms with Crippen LogP contribution in [0.1, 0.15) is 36.2 Å². The number of hydrogen-bond donors (Lipinski definition) is 1. The number of nitrogens with zero attached hydrogens (tertiary/aromatic N) is 3. The molecule has 0 saturated carbocycles. The molecule has 0 bridgehead atoms. The van der Waals surface area contributed by atoms with Crippen molar-refractivity contribution >= 4 is 17.5 Å². The van der Waals surface area contributed by atoms with Gasteiger partial charge in [-0.25, -0.2) is 9.07 Å². The lowest BCUT2D eigenvalue weighted by atomic mass is 10.1. The normalized spacial score (nSPS) is 17.1. The minimum absolute atomic E-state index is 0.0445. The molecule has 1 aliphatic rings. The van der Waals surface area contributed by atoms with Gasteiger partial charge in [-0.15, -0.1) is 0 Å². The van der Waals surface area contributed by atoms with Crippen LogP contribution >= 0.6 is 0 Å². The molecule has 6 nitrogen and oxygen atoms in total. The molecule has 2 heterocycles. The van der Waals surface area contributed by atoms with Crippen molar-refractivity contribution < 1.29 is 14.0 Å². The van der Waals surface area contributed by atoms with E-state index in [2.05, 4.69) is 10.4 Å². The van der Waals surface area contributed by atoms with E-state index in [1.165, 1.54) is 12.1 Å². The van der Waals surface area contributed by atoms with E-state index in [1.54, 1.807) is 27.9 Å². The lowest BCUT2D eigenvalue weighted by molar-refractivity contribution is -0.126. The van der Waals surface area contributed by atoms with Gasteiger partial charge < -0.3 is 10.2 Å². The lowest BCUT2D eigenvalue weighted by Gasteiger charge is -2.19. The summed E-state index contributed by atoms with van der Waals surface area (Å²) in [6.45, 7) is 6.17. The summed E-state index contributed by atoms with van der Waals surface area (Å²) >= 11 is 0. The van der Waals surface area contributed by atoms with Gasteiger partial charge in [0.05, 0.1) is 23.8 Å². The summed E-state index contributed by atoms with van der Waals surface area (Å²) in [4.78, 5) is 27.0. The van der Waals surface area contributed by atoms with E-state index in [4.69, 9.17) is 0 Å². The fourth-order valence-electron chi connectivity index (χ4n) is 3.96. The lowest BCUT2D eigenvalue weighted by Crippen LogP contribution is -2.34. The molecular formula is C24H25FN4O2. The van der Waals surface area contributed by atoms with Crippen molar-refractivity contribution in [3.8, 4) is 5.69 Å². The van der Waals surface area contributed by atoms with Crippen molar-refractivity contribution in [1.29, 1.82) is 0 Å². The van der Waals surface area contributed by atoms with Crippen molar-refractivity contribution in [1.82, 2.24) is 15.1 Å². The number of nitrogens with one attached hydrogen (secondary N) is 1. The quantitative estimate of drug-likeness (QED) is 0.682. The Hall–Kier alpha value is -3.48. The summed E-state index contributed by atoms with van der Waals surface area (Å²) in [6.07, 6.45) is 1.91. The van der Waals surface area contributed by atoms with E-state index in [0.29, 0.717) is 6.54 Å². The van der Waals surface area contributed by atoms with E-state index in [-0.39, 0.29) is 30.1 Å². The number of hydrogen-bond acceptors (Lipinski definition) is 3. The zero-order chi connectivity index (χ0) is 22.1. The Balaban J connectivity index is 1.44. The maximum atomic E-state index is 13.2. The molecule has 1 aromatic heterocycles. The zero-order valence-electron chi connectivity index (χ0n) is 17.8.